The van der Waals surface area contributed by atoms with Crippen molar-refractivity contribution in [2.75, 3.05) is 13.2 Å². The van der Waals surface area contributed by atoms with Gasteiger partial charge in [0.1, 0.15) is 13.2 Å². The summed E-state index contributed by atoms with van der Waals surface area (Å²) in [5.74, 6) is -0.00385. The summed E-state index contributed by atoms with van der Waals surface area (Å²) in [5.41, 5.74) is 0. The van der Waals surface area contributed by atoms with Gasteiger partial charge in [0.15, 0.2) is 6.10 Å². The molecule has 0 unspecified atom stereocenters. The molecule has 0 aliphatic carbocycles. The number of hydrogen-bond acceptors (Lipinski definition) is 6. The van der Waals surface area contributed by atoms with E-state index in [4.69, 9.17) is 14.2 Å². The summed E-state index contributed by atoms with van der Waals surface area (Å²) in [6, 6.07) is 0. The van der Waals surface area contributed by atoms with Crippen LogP contribution in [0, 0.1) is 5.92 Å². The Kier molecular flexibility index (Phi) is 42.3. The Morgan fingerprint density at radius 1 is 0.345 bits per heavy atom. The van der Waals surface area contributed by atoms with E-state index in [2.05, 4.69) is 27.7 Å². The van der Waals surface area contributed by atoms with Gasteiger partial charge in [-0.1, -0.05) is 233 Å². The Labute approximate surface area is 342 Å². The number of carbonyl (C=O) groups is 3. The van der Waals surface area contributed by atoms with E-state index in [1.54, 1.807) is 0 Å². The van der Waals surface area contributed by atoms with Crippen LogP contribution in [-0.2, 0) is 28.6 Å². The van der Waals surface area contributed by atoms with Gasteiger partial charge in [0.05, 0.1) is 0 Å². The maximum atomic E-state index is 12.7. The lowest BCUT2D eigenvalue weighted by Crippen LogP contribution is -2.30. The largest absolute Gasteiger partial charge is 0.462 e. The first-order chi connectivity index (χ1) is 26.9. The van der Waals surface area contributed by atoms with Crippen molar-refractivity contribution in [3.05, 3.63) is 0 Å². The molecule has 0 aliphatic rings. The lowest BCUT2D eigenvalue weighted by molar-refractivity contribution is -0.167. The van der Waals surface area contributed by atoms with Crippen molar-refractivity contribution in [3.8, 4) is 0 Å². The molecule has 55 heavy (non-hydrogen) atoms. The van der Waals surface area contributed by atoms with E-state index in [0.717, 1.165) is 63.7 Å². The Bertz CT molecular complexity index is 826. The van der Waals surface area contributed by atoms with E-state index >= 15 is 0 Å². The normalized spacial score (nSPS) is 11.9. The molecule has 0 aromatic carbocycles. The highest BCUT2D eigenvalue weighted by molar-refractivity contribution is 5.71. The molecule has 0 N–H and O–H groups in total. The monoisotopic (exact) mass is 779 g/mol. The smallest absolute Gasteiger partial charge is 0.306 e. The first-order valence-corrected chi connectivity index (χ1v) is 24.4. The van der Waals surface area contributed by atoms with Gasteiger partial charge in [-0.3, -0.25) is 14.4 Å². The summed E-state index contributed by atoms with van der Waals surface area (Å²) >= 11 is 0. The van der Waals surface area contributed by atoms with Gasteiger partial charge in [0.25, 0.3) is 0 Å². The van der Waals surface area contributed by atoms with Crippen molar-refractivity contribution in [1.29, 1.82) is 0 Å². The Balaban J connectivity index is 4.20. The Morgan fingerprint density at radius 3 is 0.891 bits per heavy atom. The second-order valence-electron chi connectivity index (χ2n) is 17.2. The van der Waals surface area contributed by atoms with Crippen molar-refractivity contribution in [3.63, 3.8) is 0 Å². The maximum absolute atomic E-state index is 12.7. The first-order valence-electron chi connectivity index (χ1n) is 24.4. The zero-order chi connectivity index (χ0) is 40.3. The van der Waals surface area contributed by atoms with Gasteiger partial charge in [-0.15, -0.1) is 0 Å². The summed E-state index contributed by atoms with van der Waals surface area (Å²) in [6.07, 6.45) is 43.8. The van der Waals surface area contributed by atoms with Gasteiger partial charge in [-0.25, -0.2) is 0 Å². The van der Waals surface area contributed by atoms with E-state index in [-0.39, 0.29) is 31.1 Å². The number of unbranched alkanes of at least 4 members (excludes halogenated alkanes) is 31. The molecule has 0 saturated heterocycles. The van der Waals surface area contributed by atoms with Gasteiger partial charge in [-0.05, 0) is 25.2 Å². The fourth-order valence-corrected chi connectivity index (χ4v) is 7.33. The molecule has 0 saturated carbocycles. The highest BCUT2D eigenvalue weighted by Gasteiger charge is 2.19. The second-order valence-corrected chi connectivity index (χ2v) is 17.2. The summed E-state index contributed by atoms with van der Waals surface area (Å²) in [6.45, 7) is 9.00. The average Bonchev–Trinajstić information content (AvgIpc) is 3.17. The van der Waals surface area contributed by atoms with Crippen molar-refractivity contribution >= 4 is 17.9 Å². The van der Waals surface area contributed by atoms with Crippen LogP contribution in [-0.4, -0.2) is 37.2 Å². The van der Waals surface area contributed by atoms with Crippen LogP contribution in [0.25, 0.3) is 0 Å². The molecule has 6 heteroatoms. The van der Waals surface area contributed by atoms with Crippen LogP contribution in [0.5, 0.6) is 0 Å². The molecule has 326 valence electrons. The van der Waals surface area contributed by atoms with Crippen LogP contribution in [0.2, 0.25) is 0 Å². The zero-order valence-electron chi connectivity index (χ0n) is 37.4. The van der Waals surface area contributed by atoms with E-state index in [0.29, 0.717) is 19.3 Å². The minimum atomic E-state index is -0.758. The second kappa shape index (κ2) is 43.5. The standard InChI is InChI=1S/C49H94O6/c1-5-7-9-11-13-15-25-28-32-36-40-47(50)53-43-46(55-49(52)42-38-34-30-23-14-12-10-8-6-2)44-54-48(51)41-37-33-29-26-22-20-18-16-17-19-21-24-27-31-35-39-45(3)4/h45-46H,5-44H2,1-4H3/t46-/m0/s1. The molecule has 0 spiro atoms. The summed E-state index contributed by atoms with van der Waals surface area (Å²) in [5, 5.41) is 0. The van der Waals surface area contributed by atoms with E-state index < -0.39 is 6.10 Å². The molecular formula is C49H94O6. The van der Waals surface area contributed by atoms with Gasteiger partial charge in [0.2, 0.25) is 0 Å². The van der Waals surface area contributed by atoms with Crippen molar-refractivity contribution in [2.24, 2.45) is 5.92 Å². The molecular weight excluding hydrogens is 685 g/mol. The fraction of sp³-hybridized carbons (Fsp3) is 0.939. The number of ether oxygens (including phenoxy) is 3. The van der Waals surface area contributed by atoms with Gasteiger partial charge in [0, 0.05) is 19.3 Å². The van der Waals surface area contributed by atoms with Gasteiger partial charge in [-0.2, -0.15) is 0 Å². The molecule has 0 bridgehead atoms. The SMILES string of the molecule is CCCCCCCCCCCCC(=O)OC[C@@H](COC(=O)CCCCCCCCCCCCCCCCCC(C)C)OC(=O)CCCCCCCCCCC. The predicted molar refractivity (Wildman–Crippen MR) is 233 cm³/mol. The van der Waals surface area contributed by atoms with Crippen molar-refractivity contribution < 1.29 is 28.6 Å². The van der Waals surface area contributed by atoms with Gasteiger partial charge < -0.3 is 14.2 Å². The van der Waals surface area contributed by atoms with E-state index in [1.165, 1.54) is 167 Å². The quantitative estimate of drug-likeness (QED) is 0.0348. The number of hydrogen-bond donors (Lipinski definition) is 0. The minimum Gasteiger partial charge on any atom is -0.462 e. The Morgan fingerprint density at radius 2 is 0.600 bits per heavy atom. The molecule has 0 aromatic rings. The lowest BCUT2D eigenvalue weighted by atomic mass is 10.0. The average molecular weight is 779 g/mol. The van der Waals surface area contributed by atoms with Crippen LogP contribution < -0.4 is 0 Å². The molecule has 0 fully saturated rings. The predicted octanol–water partition coefficient (Wildman–Crippen LogP) is 15.5. The molecule has 0 heterocycles. The maximum Gasteiger partial charge on any atom is 0.306 e. The third kappa shape index (κ3) is 43.4. The van der Waals surface area contributed by atoms with Crippen LogP contribution in [0.3, 0.4) is 0 Å². The lowest BCUT2D eigenvalue weighted by Gasteiger charge is -2.18. The zero-order valence-corrected chi connectivity index (χ0v) is 37.4. The third-order valence-electron chi connectivity index (χ3n) is 11.0. The van der Waals surface area contributed by atoms with Crippen molar-refractivity contribution in [1.82, 2.24) is 0 Å². The molecule has 0 aliphatic heterocycles. The minimum absolute atomic E-state index is 0.0633. The molecule has 6 nitrogen and oxygen atoms in total. The topological polar surface area (TPSA) is 78.9 Å². The van der Waals surface area contributed by atoms with Crippen LogP contribution in [0.15, 0.2) is 0 Å². The summed E-state index contributed by atoms with van der Waals surface area (Å²) in [4.78, 5) is 37.7. The highest BCUT2D eigenvalue weighted by Crippen LogP contribution is 2.17. The summed E-state index contributed by atoms with van der Waals surface area (Å²) < 4.78 is 16.7. The highest BCUT2D eigenvalue weighted by atomic mass is 16.6. The van der Waals surface area contributed by atoms with Crippen LogP contribution in [0.4, 0.5) is 0 Å². The van der Waals surface area contributed by atoms with Gasteiger partial charge >= 0.3 is 17.9 Å². The third-order valence-corrected chi connectivity index (χ3v) is 11.0. The van der Waals surface area contributed by atoms with Crippen LogP contribution in [0.1, 0.15) is 272 Å². The first kappa shape index (κ1) is 53.4. The van der Waals surface area contributed by atoms with Crippen LogP contribution >= 0.6 is 0 Å². The summed E-state index contributed by atoms with van der Waals surface area (Å²) in [7, 11) is 0. The molecule has 0 rings (SSSR count). The number of rotatable bonds is 44. The Hall–Kier alpha value is -1.59. The van der Waals surface area contributed by atoms with E-state index in [1.807, 2.05) is 0 Å². The van der Waals surface area contributed by atoms with E-state index in [9.17, 15) is 14.4 Å². The number of carbonyl (C=O) groups excluding carboxylic acids is 3. The molecule has 0 aromatic heterocycles. The van der Waals surface area contributed by atoms with Crippen molar-refractivity contribution in [2.45, 2.75) is 278 Å². The molecule has 0 amide bonds. The molecule has 0 radical (unpaired) electrons. The number of esters is 3. The fourth-order valence-electron chi connectivity index (χ4n) is 7.33. The molecule has 1 atom stereocenters.